The minimum atomic E-state index is -1.11. The Balaban J connectivity index is 2.05. The summed E-state index contributed by atoms with van der Waals surface area (Å²) >= 11 is 7.26. The van der Waals surface area contributed by atoms with Crippen molar-refractivity contribution in [3.8, 4) is 22.9 Å². The zero-order valence-electron chi connectivity index (χ0n) is 18.2. The molecule has 8 nitrogen and oxygen atoms in total. The van der Waals surface area contributed by atoms with Crippen molar-refractivity contribution in [2.45, 2.75) is 13.8 Å². The summed E-state index contributed by atoms with van der Waals surface area (Å²) in [6, 6.07) is 11.9. The quantitative estimate of drug-likeness (QED) is 0.285. The molecule has 10 heteroatoms. The number of aromatic nitrogens is 2. The van der Waals surface area contributed by atoms with E-state index >= 15 is 0 Å². The van der Waals surface area contributed by atoms with Gasteiger partial charge in [0, 0.05) is 36.1 Å². The third-order valence-corrected chi connectivity index (χ3v) is 5.44. The number of anilines is 1. The molecule has 0 bridgehead atoms. The van der Waals surface area contributed by atoms with E-state index in [1.807, 2.05) is 32.0 Å². The number of hydrogen-bond donors (Lipinski definition) is 3. The van der Waals surface area contributed by atoms with Crippen LogP contribution in [0.1, 0.15) is 21.5 Å². The molecule has 0 saturated heterocycles. The van der Waals surface area contributed by atoms with Crippen LogP contribution in [-0.2, 0) is 0 Å². The highest BCUT2D eigenvalue weighted by atomic mass is 35.5. The van der Waals surface area contributed by atoms with Crippen LogP contribution in [0.15, 0.2) is 58.6 Å². The molecule has 170 valence electrons. The maximum atomic E-state index is 11.4. The Kier molecular flexibility index (Phi) is 7.92. The lowest BCUT2D eigenvalue weighted by molar-refractivity contribution is 0.0696. The highest BCUT2D eigenvalue weighted by Gasteiger charge is 2.14. The van der Waals surface area contributed by atoms with Crippen LogP contribution in [0.4, 0.5) is 5.95 Å². The summed E-state index contributed by atoms with van der Waals surface area (Å²) in [4.78, 5) is 25.1. The standard InChI is InChI=1S/C23H22ClN5O3S/c1-13-5-4-6-14(2)21(13)19-10-20(28-23(27-19)29-33-18(11-25)12-26-3)32-17-8-15(22(30)31)7-16(24)9-17/h4-12H,25H2,1-3H3,(H,30,31)(H,27,28,29). The molecule has 0 radical (unpaired) electrons. The lowest BCUT2D eigenvalue weighted by Gasteiger charge is -2.13. The number of aliphatic imine (C=N–C) groups is 1. The van der Waals surface area contributed by atoms with E-state index in [4.69, 9.17) is 22.1 Å². The fraction of sp³-hybridized carbons (Fsp3) is 0.130. The van der Waals surface area contributed by atoms with E-state index in [0.717, 1.165) is 16.7 Å². The normalized spacial score (nSPS) is 11.6. The number of ether oxygens (including phenoxy) is 1. The summed E-state index contributed by atoms with van der Waals surface area (Å²) in [5, 5.41) is 9.54. The van der Waals surface area contributed by atoms with Crippen LogP contribution >= 0.6 is 23.5 Å². The number of rotatable bonds is 8. The van der Waals surface area contributed by atoms with Crippen molar-refractivity contribution >= 4 is 41.7 Å². The zero-order chi connectivity index (χ0) is 24.0. The number of hydrogen-bond acceptors (Lipinski definition) is 8. The Hall–Kier alpha value is -3.56. The van der Waals surface area contributed by atoms with Gasteiger partial charge in [-0.2, -0.15) is 4.98 Å². The number of aromatic carboxylic acids is 1. The minimum absolute atomic E-state index is 0.00649. The molecule has 0 aliphatic heterocycles. The van der Waals surface area contributed by atoms with Crippen molar-refractivity contribution in [2.24, 2.45) is 10.7 Å². The van der Waals surface area contributed by atoms with Crippen molar-refractivity contribution < 1.29 is 14.6 Å². The SMILES string of the molecule is CN=CC(=CN)SNc1nc(Oc2cc(Cl)cc(C(=O)O)c2)cc(-c2c(C)cccc2C)n1. The van der Waals surface area contributed by atoms with Gasteiger partial charge in [0.05, 0.1) is 16.2 Å². The molecule has 3 aromatic rings. The first kappa shape index (κ1) is 24.1. The largest absolute Gasteiger partial charge is 0.478 e. The molecule has 0 saturated carbocycles. The van der Waals surface area contributed by atoms with Gasteiger partial charge >= 0.3 is 5.97 Å². The van der Waals surface area contributed by atoms with Crippen LogP contribution in [-0.4, -0.2) is 34.3 Å². The molecular weight excluding hydrogens is 462 g/mol. The summed E-state index contributed by atoms with van der Waals surface area (Å²) in [7, 11) is 1.64. The topological polar surface area (TPSA) is 123 Å². The van der Waals surface area contributed by atoms with Gasteiger partial charge in [0.2, 0.25) is 11.8 Å². The average molecular weight is 484 g/mol. The number of nitrogens with zero attached hydrogens (tertiary/aromatic N) is 3. The highest BCUT2D eigenvalue weighted by Crippen LogP contribution is 2.32. The lowest BCUT2D eigenvalue weighted by Crippen LogP contribution is -2.02. The summed E-state index contributed by atoms with van der Waals surface area (Å²) < 4.78 is 8.95. The molecule has 1 aromatic heterocycles. The number of aryl methyl sites for hydroxylation is 2. The fourth-order valence-electron chi connectivity index (χ4n) is 3.07. The second-order valence-electron chi connectivity index (χ2n) is 6.93. The van der Waals surface area contributed by atoms with Gasteiger partial charge in [-0.15, -0.1) is 0 Å². The average Bonchev–Trinajstić information content (AvgIpc) is 2.76. The van der Waals surface area contributed by atoms with Crippen LogP contribution in [0.2, 0.25) is 5.02 Å². The van der Waals surface area contributed by atoms with Crippen LogP contribution < -0.4 is 15.2 Å². The molecular formula is C23H22ClN5O3S. The molecule has 0 unspecified atom stereocenters. The second kappa shape index (κ2) is 10.8. The van der Waals surface area contributed by atoms with E-state index in [2.05, 4.69) is 19.7 Å². The number of benzene rings is 2. The number of carbonyl (C=O) groups is 1. The van der Waals surface area contributed by atoms with Crippen LogP contribution in [0.3, 0.4) is 0 Å². The molecule has 4 N–H and O–H groups in total. The Bertz CT molecular complexity index is 1230. The zero-order valence-corrected chi connectivity index (χ0v) is 19.7. The predicted octanol–water partition coefficient (Wildman–Crippen LogP) is 5.47. The first-order chi connectivity index (χ1) is 15.8. The summed E-state index contributed by atoms with van der Waals surface area (Å²) in [5.41, 5.74) is 9.29. The molecule has 1 heterocycles. The van der Waals surface area contributed by atoms with Gasteiger partial charge in [-0.1, -0.05) is 29.8 Å². The van der Waals surface area contributed by atoms with E-state index in [1.165, 1.54) is 36.3 Å². The Morgan fingerprint density at radius 3 is 2.58 bits per heavy atom. The number of halogens is 1. The van der Waals surface area contributed by atoms with Gasteiger partial charge in [-0.05, 0) is 55.1 Å². The van der Waals surface area contributed by atoms with Crippen molar-refractivity contribution in [3.63, 3.8) is 0 Å². The van der Waals surface area contributed by atoms with Gasteiger partial charge in [0.1, 0.15) is 5.75 Å². The number of allylic oxidation sites excluding steroid dienone is 1. The van der Waals surface area contributed by atoms with E-state index in [0.29, 0.717) is 10.6 Å². The Labute approximate surface area is 200 Å². The van der Waals surface area contributed by atoms with E-state index in [9.17, 15) is 9.90 Å². The van der Waals surface area contributed by atoms with Crippen LogP contribution in [0, 0.1) is 13.8 Å². The first-order valence-corrected chi connectivity index (χ1v) is 10.9. The number of nitrogens with two attached hydrogens (primary N) is 1. The highest BCUT2D eigenvalue weighted by molar-refractivity contribution is 8.05. The van der Waals surface area contributed by atoms with Crippen molar-refractivity contribution in [2.75, 3.05) is 11.8 Å². The number of carboxylic acid groups (broad SMARTS) is 1. The smallest absolute Gasteiger partial charge is 0.335 e. The molecule has 0 aliphatic rings. The van der Waals surface area contributed by atoms with Crippen molar-refractivity contribution in [1.82, 2.24) is 9.97 Å². The summed E-state index contributed by atoms with van der Waals surface area (Å²) in [6.07, 6.45) is 3.01. The summed E-state index contributed by atoms with van der Waals surface area (Å²) in [5.74, 6) is -0.379. The minimum Gasteiger partial charge on any atom is -0.478 e. The van der Waals surface area contributed by atoms with E-state index in [1.54, 1.807) is 19.3 Å². The molecule has 0 amide bonds. The van der Waals surface area contributed by atoms with Gasteiger partial charge in [0.15, 0.2) is 0 Å². The number of nitrogens with one attached hydrogen (secondary N) is 1. The lowest BCUT2D eigenvalue weighted by atomic mass is 10.00. The van der Waals surface area contributed by atoms with Gasteiger partial charge in [-0.3, -0.25) is 9.71 Å². The summed E-state index contributed by atoms with van der Waals surface area (Å²) in [6.45, 7) is 3.99. The maximum Gasteiger partial charge on any atom is 0.335 e. The molecule has 2 aromatic carbocycles. The molecule has 0 atom stereocenters. The maximum absolute atomic E-state index is 11.4. The molecule has 3 rings (SSSR count). The molecule has 33 heavy (non-hydrogen) atoms. The Morgan fingerprint density at radius 2 is 1.94 bits per heavy atom. The predicted molar refractivity (Wildman–Crippen MR) is 133 cm³/mol. The van der Waals surface area contributed by atoms with Crippen molar-refractivity contribution in [3.05, 3.63) is 75.3 Å². The van der Waals surface area contributed by atoms with Crippen molar-refractivity contribution in [1.29, 1.82) is 0 Å². The first-order valence-electron chi connectivity index (χ1n) is 9.75. The van der Waals surface area contributed by atoms with Crippen LogP contribution in [0.5, 0.6) is 11.6 Å². The van der Waals surface area contributed by atoms with Gasteiger partial charge in [0.25, 0.3) is 0 Å². The molecule has 0 aliphatic carbocycles. The van der Waals surface area contributed by atoms with E-state index in [-0.39, 0.29) is 28.2 Å². The fourth-order valence-corrected chi connectivity index (χ4v) is 3.82. The van der Waals surface area contributed by atoms with E-state index < -0.39 is 5.97 Å². The Morgan fingerprint density at radius 1 is 1.21 bits per heavy atom. The second-order valence-corrected chi connectivity index (χ2v) is 8.24. The molecule has 0 fully saturated rings. The molecule has 0 spiro atoms. The van der Waals surface area contributed by atoms with Gasteiger partial charge in [-0.25, -0.2) is 9.78 Å². The third kappa shape index (κ3) is 6.24. The monoisotopic (exact) mass is 483 g/mol. The third-order valence-electron chi connectivity index (χ3n) is 4.46. The number of carboxylic acids is 1. The van der Waals surface area contributed by atoms with Crippen LogP contribution in [0.25, 0.3) is 11.3 Å². The van der Waals surface area contributed by atoms with Gasteiger partial charge < -0.3 is 15.6 Å².